The van der Waals surface area contributed by atoms with E-state index in [-0.39, 0.29) is 33.8 Å². The van der Waals surface area contributed by atoms with Crippen molar-refractivity contribution < 1.29 is 33.8 Å². The van der Waals surface area contributed by atoms with Crippen LogP contribution in [0.15, 0.2) is 61.2 Å². The summed E-state index contributed by atoms with van der Waals surface area (Å²) in [4.78, 5) is 7.57. The van der Waals surface area contributed by atoms with Gasteiger partial charge in [-0.05, 0) is 24.3 Å². The maximum atomic E-state index is 3.78. The molecule has 6 N–H and O–H groups in total. The molecular formula is C10H16CrN2O3. The Morgan fingerprint density at radius 2 is 0.688 bits per heavy atom. The van der Waals surface area contributed by atoms with Gasteiger partial charge >= 0.3 is 0 Å². The Morgan fingerprint density at radius 1 is 0.438 bits per heavy atom. The molecule has 0 amide bonds. The normalized spacial score (nSPS) is 6.00. The summed E-state index contributed by atoms with van der Waals surface area (Å²) in [6, 6.07) is 11.4. The van der Waals surface area contributed by atoms with Crippen molar-refractivity contribution in [3.63, 3.8) is 0 Å². The van der Waals surface area contributed by atoms with Crippen LogP contribution in [0, 0.1) is 0 Å². The Morgan fingerprint density at radius 3 is 0.750 bits per heavy atom. The Labute approximate surface area is 105 Å². The van der Waals surface area contributed by atoms with Gasteiger partial charge in [0.25, 0.3) is 0 Å². The van der Waals surface area contributed by atoms with Crippen molar-refractivity contribution in [3.8, 4) is 0 Å². The fourth-order valence-corrected chi connectivity index (χ4v) is 0.625. The van der Waals surface area contributed by atoms with E-state index in [4.69, 9.17) is 0 Å². The third kappa shape index (κ3) is 15.2. The minimum absolute atomic E-state index is 0. The van der Waals surface area contributed by atoms with E-state index in [9.17, 15) is 0 Å². The molecule has 0 radical (unpaired) electrons. The monoisotopic (exact) mass is 264 g/mol. The van der Waals surface area contributed by atoms with E-state index in [0.29, 0.717) is 0 Å². The minimum atomic E-state index is 0. The third-order valence-electron chi connectivity index (χ3n) is 1.13. The molecule has 90 valence electrons. The number of hydrogen-bond donors (Lipinski definition) is 0. The SMILES string of the molecule is O.O.O.[Cr].c1ccncc1.c1ccncc1. The van der Waals surface area contributed by atoms with Crippen molar-refractivity contribution in [1.82, 2.24) is 9.97 Å². The molecule has 0 unspecified atom stereocenters. The van der Waals surface area contributed by atoms with Crippen molar-refractivity contribution in [2.24, 2.45) is 0 Å². The average Bonchev–Trinajstić information content (AvgIpc) is 2.24. The zero-order chi connectivity index (χ0) is 8.49. The molecule has 0 aliphatic rings. The molecule has 6 heteroatoms. The Kier molecular flexibility index (Phi) is 29.1. The molecule has 0 spiro atoms. The van der Waals surface area contributed by atoms with E-state index >= 15 is 0 Å². The number of aromatic nitrogens is 2. The van der Waals surface area contributed by atoms with Gasteiger partial charge in [-0.1, -0.05) is 12.1 Å². The van der Waals surface area contributed by atoms with Crippen LogP contribution in [0.5, 0.6) is 0 Å². The van der Waals surface area contributed by atoms with Gasteiger partial charge in [0.2, 0.25) is 0 Å². The van der Waals surface area contributed by atoms with Gasteiger partial charge in [0.1, 0.15) is 0 Å². The van der Waals surface area contributed by atoms with Crippen LogP contribution in [-0.2, 0) is 17.4 Å². The van der Waals surface area contributed by atoms with Crippen molar-refractivity contribution >= 4 is 0 Å². The summed E-state index contributed by atoms with van der Waals surface area (Å²) < 4.78 is 0. The van der Waals surface area contributed by atoms with Gasteiger partial charge in [0.15, 0.2) is 0 Å². The van der Waals surface area contributed by atoms with E-state index < -0.39 is 0 Å². The second kappa shape index (κ2) is 19.3. The van der Waals surface area contributed by atoms with Crippen LogP contribution >= 0.6 is 0 Å². The fraction of sp³-hybridized carbons (Fsp3) is 0. The summed E-state index contributed by atoms with van der Waals surface area (Å²) in [7, 11) is 0. The molecule has 0 bridgehead atoms. The van der Waals surface area contributed by atoms with Crippen LogP contribution in [0.25, 0.3) is 0 Å². The van der Waals surface area contributed by atoms with E-state index in [1.807, 2.05) is 36.4 Å². The van der Waals surface area contributed by atoms with Crippen LogP contribution in [-0.4, -0.2) is 26.4 Å². The van der Waals surface area contributed by atoms with Crippen molar-refractivity contribution in [1.29, 1.82) is 0 Å². The molecule has 2 rings (SSSR count). The second-order valence-electron chi connectivity index (χ2n) is 2.05. The number of pyridine rings is 2. The van der Waals surface area contributed by atoms with Crippen molar-refractivity contribution in [2.75, 3.05) is 0 Å². The topological polar surface area (TPSA) is 120 Å². The van der Waals surface area contributed by atoms with E-state index in [0.717, 1.165) is 0 Å². The summed E-state index contributed by atoms with van der Waals surface area (Å²) in [5.41, 5.74) is 0. The van der Waals surface area contributed by atoms with Crippen LogP contribution in [0.3, 0.4) is 0 Å². The molecule has 2 heterocycles. The zero-order valence-corrected chi connectivity index (χ0v) is 9.85. The number of hydrogen-bond acceptors (Lipinski definition) is 2. The van der Waals surface area contributed by atoms with Crippen LogP contribution in [0.4, 0.5) is 0 Å². The first-order valence-electron chi connectivity index (χ1n) is 3.70. The first-order valence-corrected chi connectivity index (χ1v) is 3.70. The predicted molar refractivity (Wildman–Crippen MR) is 59.3 cm³/mol. The van der Waals surface area contributed by atoms with Gasteiger partial charge in [-0.15, -0.1) is 0 Å². The molecule has 0 saturated carbocycles. The smallest absolute Gasteiger partial charge is 0.0267 e. The second-order valence-corrected chi connectivity index (χ2v) is 2.05. The van der Waals surface area contributed by atoms with Crippen LogP contribution < -0.4 is 0 Å². The average molecular weight is 264 g/mol. The molecule has 5 nitrogen and oxygen atoms in total. The molecule has 0 fully saturated rings. The van der Waals surface area contributed by atoms with E-state index in [1.165, 1.54) is 0 Å². The maximum absolute atomic E-state index is 3.78. The summed E-state index contributed by atoms with van der Waals surface area (Å²) in [6.45, 7) is 0. The molecule has 16 heavy (non-hydrogen) atoms. The first-order chi connectivity index (χ1) is 6.00. The van der Waals surface area contributed by atoms with Gasteiger partial charge in [-0.3, -0.25) is 9.97 Å². The molecule has 0 aromatic carbocycles. The fourth-order valence-electron chi connectivity index (χ4n) is 0.625. The third-order valence-corrected chi connectivity index (χ3v) is 1.13. The molecule has 2 aromatic rings. The molecule has 0 aliphatic heterocycles. The van der Waals surface area contributed by atoms with Gasteiger partial charge in [-0.25, -0.2) is 0 Å². The maximum Gasteiger partial charge on any atom is 0.0267 e. The largest absolute Gasteiger partial charge is 0.412 e. The summed E-state index contributed by atoms with van der Waals surface area (Å²) in [5, 5.41) is 0. The van der Waals surface area contributed by atoms with Crippen LogP contribution in [0.2, 0.25) is 0 Å². The molecule has 0 atom stereocenters. The van der Waals surface area contributed by atoms with Gasteiger partial charge in [0.05, 0.1) is 0 Å². The van der Waals surface area contributed by atoms with Gasteiger partial charge in [0, 0.05) is 42.1 Å². The minimum Gasteiger partial charge on any atom is -0.412 e. The summed E-state index contributed by atoms with van der Waals surface area (Å²) in [6.07, 6.45) is 7.00. The molecule has 2 aromatic heterocycles. The van der Waals surface area contributed by atoms with E-state index in [2.05, 4.69) is 9.97 Å². The summed E-state index contributed by atoms with van der Waals surface area (Å²) >= 11 is 0. The summed E-state index contributed by atoms with van der Waals surface area (Å²) in [5.74, 6) is 0. The number of nitrogens with zero attached hydrogens (tertiary/aromatic N) is 2. The van der Waals surface area contributed by atoms with Crippen molar-refractivity contribution in [3.05, 3.63) is 61.2 Å². The van der Waals surface area contributed by atoms with Gasteiger partial charge < -0.3 is 16.4 Å². The zero-order valence-electron chi connectivity index (χ0n) is 8.58. The Balaban J connectivity index is -0.0000000720. The first kappa shape index (κ1) is 24.1. The number of rotatable bonds is 0. The molecule has 0 saturated heterocycles. The van der Waals surface area contributed by atoms with Gasteiger partial charge in [-0.2, -0.15) is 0 Å². The standard InChI is InChI=1S/2C5H5N.Cr.3H2O/c2*1-2-4-6-5-3-1;;;;/h2*1-5H;;3*1H2. The van der Waals surface area contributed by atoms with E-state index in [1.54, 1.807) is 24.8 Å². The predicted octanol–water partition coefficient (Wildman–Crippen LogP) is -0.313. The molecular weight excluding hydrogens is 248 g/mol. The Hall–Kier alpha value is -1.29. The van der Waals surface area contributed by atoms with Crippen LogP contribution in [0.1, 0.15) is 0 Å². The quantitative estimate of drug-likeness (QED) is 0.648. The molecule has 0 aliphatic carbocycles. The van der Waals surface area contributed by atoms with Crippen molar-refractivity contribution in [2.45, 2.75) is 0 Å². The Bertz CT molecular complexity index is 199.